The molecule has 0 aromatic heterocycles. The van der Waals surface area contributed by atoms with Crippen molar-refractivity contribution in [2.45, 2.75) is 0 Å². The molecular weight excluding hydrogens is 52.0 g/mol. The van der Waals surface area contributed by atoms with Gasteiger partial charge >= 0.3 is 0 Å². The molecule has 2 heteroatoms. The van der Waals surface area contributed by atoms with Crippen LogP contribution in [-0.4, -0.2) is 0 Å². The van der Waals surface area contributed by atoms with Gasteiger partial charge in [-0.2, -0.15) is 0 Å². The van der Waals surface area contributed by atoms with E-state index in [2.05, 4.69) is 11.5 Å². The molecule has 0 aromatic carbocycles. The zero-order chi connectivity index (χ0) is 3.41. The summed E-state index contributed by atoms with van der Waals surface area (Å²) in [4.78, 5) is 0. The number of rotatable bonds is 0. The van der Waals surface area contributed by atoms with Crippen molar-refractivity contribution in [1.29, 1.82) is 0 Å². The molecule has 0 atom stereocenters. The Morgan fingerprint density at radius 3 is 1.25 bits per heavy atom. The quantitative estimate of drug-likeness (QED) is 0.271. The van der Waals surface area contributed by atoms with E-state index in [0.717, 1.165) is 0 Å². The Morgan fingerprint density at radius 1 is 1.00 bits per heavy atom. The Morgan fingerprint density at radius 2 is 1.25 bits per heavy atom. The lowest BCUT2D eigenvalue weighted by Crippen LogP contribution is -1.82. The summed E-state index contributed by atoms with van der Waals surface area (Å²) in [6, 6.07) is 3.92. The summed E-state index contributed by atoms with van der Waals surface area (Å²) in [6.45, 7) is 0. The first-order chi connectivity index (χ1) is 1.91. The van der Waals surface area contributed by atoms with Gasteiger partial charge in [0, 0.05) is 12.1 Å². The van der Waals surface area contributed by atoms with E-state index in [1.807, 2.05) is 12.1 Å². The van der Waals surface area contributed by atoms with E-state index in [1.165, 1.54) is 0 Å². The van der Waals surface area contributed by atoms with Crippen molar-refractivity contribution in [3.05, 3.63) is 0 Å². The molecule has 0 aliphatic heterocycles. The maximum atomic E-state index is 4.54. The molecule has 22 valence electrons. The zero-order valence-corrected chi connectivity index (χ0v) is 2.15. The van der Waals surface area contributed by atoms with Crippen LogP contribution >= 0.6 is 0 Å². The van der Waals surface area contributed by atoms with Gasteiger partial charge in [-0.05, 0) is 0 Å². The van der Waals surface area contributed by atoms with Crippen LogP contribution in [0.15, 0.2) is 0 Å². The molecule has 0 radical (unpaired) electrons. The molecule has 0 aliphatic carbocycles. The molecule has 0 bridgehead atoms. The van der Waals surface area contributed by atoms with E-state index < -0.39 is 0 Å². The van der Waals surface area contributed by atoms with Crippen LogP contribution in [0.25, 0.3) is 0 Å². The molecule has 0 unspecified atom stereocenters. The van der Waals surface area contributed by atoms with Gasteiger partial charge < -0.3 is 11.5 Å². The third kappa shape index (κ3) is 1.16. The van der Waals surface area contributed by atoms with E-state index in [4.69, 9.17) is 0 Å². The lowest BCUT2D eigenvalue weighted by Gasteiger charge is -1.46. The van der Waals surface area contributed by atoms with Gasteiger partial charge in [0.05, 0.1) is 0 Å². The standard InChI is InChI=1S/C2H4N2/c3-1-2-4/h3-4H2. The van der Waals surface area contributed by atoms with Crippen molar-refractivity contribution in [1.82, 2.24) is 0 Å². The van der Waals surface area contributed by atoms with Gasteiger partial charge in [-0.3, -0.25) is 0 Å². The normalized spacial score (nSPS) is 3.00. The molecule has 0 spiro atoms. The van der Waals surface area contributed by atoms with E-state index in [0.29, 0.717) is 0 Å². The van der Waals surface area contributed by atoms with E-state index >= 15 is 0 Å². The fourth-order valence-electron chi connectivity index (χ4n) is 0. The fourth-order valence-corrected chi connectivity index (χ4v) is 0. The second-order valence-corrected chi connectivity index (χ2v) is 0.289. The molecule has 0 aromatic rings. The Balaban J connectivity index is 2.83. The van der Waals surface area contributed by atoms with Crippen LogP contribution in [0.3, 0.4) is 0 Å². The van der Waals surface area contributed by atoms with Gasteiger partial charge in [-0.1, -0.05) is 0 Å². The molecule has 0 saturated heterocycles. The molecular formula is C2H4N2. The molecule has 4 heavy (non-hydrogen) atoms. The largest absolute Gasteiger partial charge is 0.358 e. The van der Waals surface area contributed by atoms with Crippen molar-refractivity contribution in [2.24, 2.45) is 11.5 Å². The summed E-state index contributed by atoms with van der Waals surface area (Å²) in [7, 11) is 0. The third-order valence-corrected chi connectivity index (χ3v) is 0.0833. The van der Waals surface area contributed by atoms with Crippen molar-refractivity contribution in [2.75, 3.05) is 0 Å². The Bertz CT molecular complexity index is 40.8. The van der Waals surface area contributed by atoms with Crippen molar-refractivity contribution >= 4 is 0 Å². The van der Waals surface area contributed by atoms with Crippen molar-refractivity contribution < 1.29 is 0 Å². The number of hydrogen-bond donors (Lipinski definition) is 2. The highest BCUT2D eigenvalue weighted by Gasteiger charge is 1.23. The fraction of sp³-hybridized carbons (Fsp3) is 0. The molecule has 4 N–H and O–H groups in total. The molecule has 0 heterocycles. The highest BCUT2D eigenvalue weighted by Crippen LogP contribution is 1.06. The van der Waals surface area contributed by atoms with E-state index in [1.54, 1.807) is 0 Å². The van der Waals surface area contributed by atoms with Crippen LogP contribution in [0.2, 0.25) is 0 Å². The molecule has 2 nitrogen and oxygen atoms in total. The lowest BCUT2D eigenvalue weighted by atomic mass is 11.1. The van der Waals surface area contributed by atoms with Crippen LogP contribution in [0.1, 0.15) is 0 Å². The number of nitrogens with two attached hydrogens (primary N) is 2. The minimum atomic E-state index is 1.96. The lowest BCUT2D eigenvalue weighted by molar-refractivity contribution is 1.66. The van der Waals surface area contributed by atoms with Crippen LogP contribution in [-0.2, 0) is 0 Å². The maximum absolute atomic E-state index is 4.54. The summed E-state index contributed by atoms with van der Waals surface area (Å²) in [5.41, 5.74) is 9.08. The Hall–Kier alpha value is -0.840. The average molecular weight is 56.1 g/mol. The second kappa shape index (κ2) is 2.16. The minimum absolute atomic E-state index is 1.96. The summed E-state index contributed by atoms with van der Waals surface area (Å²) in [5.74, 6) is 0. The zero-order valence-electron chi connectivity index (χ0n) is 2.15. The predicted molar refractivity (Wildman–Crippen MR) is 16.2 cm³/mol. The Kier molecular flexibility index (Phi) is 1.71. The van der Waals surface area contributed by atoms with Gasteiger partial charge in [0.1, 0.15) is 0 Å². The third-order valence-electron chi connectivity index (χ3n) is 0.0833. The maximum Gasteiger partial charge on any atom is 0.0246 e. The van der Waals surface area contributed by atoms with Gasteiger partial charge in [0.15, 0.2) is 0 Å². The van der Waals surface area contributed by atoms with Gasteiger partial charge in [-0.15, -0.1) is 0 Å². The average Bonchev–Trinajstić information content (AvgIpc) is 1.37. The van der Waals surface area contributed by atoms with Gasteiger partial charge in [0.25, 0.3) is 0 Å². The molecule has 0 fully saturated rings. The first-order valence-electron chi connectivity index (χ1n) is 0.827. The van der Waals surface area contributed by atoms with Gasteiger partial charge in [0.2, 0.25) is 0 Å². The molecule has 0 amide bonds. The van der Waals surface area contributed by atoms with Gasteiger partial charge in [-0.25, -0.2) is 0 Å². The molecule has 0 aliphatic rings. The van der Waals surface area contributed by atoms with Crippen molar-refractivity contribution in [3.63, 3.8) is 0 Å². The van der Waals surface area contributed by atoms with Crippen LogP contribution in [0, 0.1) is 12.1 Å². The highest BCUT2D eigenvalue weighted by molar-refractivity contribution is 4.85. The first kappa shape index (κ1) is 3.16. The summed E-state index contributed by atoms with van der Waals surface area (Å²) >= 11 is 0. The van der Waals surface area contributed by atoms with Crippen LogP contribution in [0.5, 0.6) is 0 Å². The number of hydrogen-bond acceptors (Lipinski definition) is 2. The molecule has 0 saturated carbocycles. The summed E-state index contributed by atoms with van der Waals surface area (Å²) < 4.78 is 0. The summed E-state index contributed by atoms with van der Waals surface area (Å²) in [5, 5.41) is 0. The molecule has 0 rings (SSSR count). The predicted octanol–water partition coefficient (Wildman–Crippen LogP) is -1.18. The van der Waals surface area contributed by atoms with Crippen LogP contribution < -0.4 is 11.5 Å². The monoisotopic (exact) mass is 56.0 g/mol. The van der Waals surface area contributed by atoms with E-state index in [-0.39, 0.29) is 0 Å². The second-order valence-electron chi connectivity index (χ2n) is 0.289. The first-order valence-corrected chi connectivity index (χ1v) is 0.827. The van der Waals surface area contributed by atoms with Crippen molar-refractivity contribution in [3.8, 4) is 12.1 Å². The smallest absolute Gasteiger partial charge is 0.0246 e. The minimum Gasteiger partial charge on any atom is -0.358 e. The highest BCUT2D eigenvalue weighted by atomic mass is 14.5. The topological polar surface area (TPSA) is 52.0 Å². The van der Waals surface area contributed by atoms with Crippen LogP contribution in [0.4, 0.5) is 0 Å². The Labute approximate surface area is 24.8 Å². The SMILES string of the molecule is NC#CN. The van der Waals surface area contributed by atoms with E-state index in [9.17, 15) is 0 Å². The summed E-state index contributed by atoms with van der Waals surface area (Å²) in [6.07, 6.45) is 0.